The van der Waals surface area contributed by atoms with Gasteiger partial charge in [-0.1, -0.05) is 18.2 Å². The molecular weight excluding hydrogens is 224 g/mol. The molecule has 4 nitrogen and oxygen atoms in total. The maximum atomic E-state index is 4.36. The summed E-state index contributed by atoms with van der Waals surface area (Å²) in [6.45, 7) is 3.28. The Morgan fingerprint density at radius 2 is 1.67 bits per heavy atom. The van der Waals surface area contributed by atoms with Crippen LogP contribution in [0.1, 0.15) is 0 Å². The highest BCUT2D eigenvalue weighted by atomic mass is 15.5. The highest BCUT2D eigenvalue weighted by Crippen LogP contribution is 2.27. The smallest absolute Gasteiger partial charge is 0.158 e. The van der Waals surface area contributed by atoms with Crippen LogP contribution in [0, 0.1) is 6.54 Å². The summed E-state index contributed by atoms with van der Waals surface area (Å²) in [5.41, 5.74) is 1.99. The molecule has 2 heterocycles. The largest absolute Gasteiger partial charge is 0.336 e. The monoisotopic (exact) mass is 238 g/mol. The van der Waals surface area contributed by atoms with Crippen LogP contribution in [0.25, 0.3) is 0 Å². The van der Waals surface area contributed by atoms with E-state index in [1.165, 1.54) is 0 Å². The van der Waals surface area contributed by atoms with Crippen LogP contribution in [0.2, 0.25) is 0 Å². The summed E-state index contributed by atoms with van der Waals surface area (Å²) in [7, 11) is 4.03. The second kappa shape index (κ2) is 4.22. The van der Waals surface area contributed by atoms with E-state index in [2.05, 4.69) is 21.4 Å². The van der Waals surface area contributed by atoms with E-state index in [9.17, 15) is 0 Å². The minimum Gasteiger partial charge on any atom is -0.336 e. The third-order valence-corrected chi connectivity index (χ3v) is 2.95. The van der Waals surface area contributed by atoms with Crippen molar-refractivity contribution < 1.29 is 0 Å². The predicted molar refractivity (Wildman–Crippen MR) is 72.3 cm³/mol. The van der Waals surface area contributed by atoms with Gasteiger partial charge in [-0.25, -0.2) is 5.01 Å². The molecule has 0 aromatic heterocycles. The first-order valence-electron chi connectivity index (χ1n) is 5.80. The first-order chi connectivity index (χ1) is 8.75. The lowest BCUT2D eigenvalue weighted by Crippen LogP contribution is -2.20. The van der Waals surface area contributed by atoms with Gasteiger partial charge in [-0.05, 0) is 12.1 Å². The molecule has 4 heteroatoms. The minimum absolute atomic E-state index is 0.980. The SMILES string of the molecule is CN1C=CN(C)C1=C1[C]N(c2ccccc2)N=C1. The summed E-state index contributed by atoms with van der Waals surface area (Å²) in [5.74, 6) is 1.08. The third-order valence-electron chi connectivity index (χ3n) is 2.95. The molecule has 0 aliphatic carbocycles. The van der Waals surface area contributed by atoms with Crippen molar-refractivity contribution in [2.75, 3.05) is 19.1 Å². The van der Waals surface area contributed by atoms with Crippen LogP contribution in [0.5, 0.6) is 0 Å². The van der Waals surface area contributed by atoms with Gasteiger partial charge in [0, 0.05) is 32.1 Å². The molecule has 0 saturated heterocycles. The van der Waals surface area contributed by atoms with E-state index in [1.807, 2.05) is 63.0 Å². The quantitative estimate of drug-likeness (QED) is 0.748. The van der Waals surface area contributed by atoms with Gasteiger partial charge < -0.3 is 9.80 Å². The Labute approximate surface area is 107 Å². The molecule has 0 fully saturated rings. The fourth-order valence-corrected chi connectivity index (χ4v) is 2.07. The van der Waals surface area contributed by atoms with Crippen molar-refractivity contribution in [3.8, 4) is 0 Å². The van der Waals surface area contributed by atoms with Gasteiger partial charge in [0.2, 0.25) is 0 Å². The summed E-state index contributed by atoms with van der Waals surface area (Å²) in [5, 5.41) is 6.13. The lowest BCUT2D eigenvalue weighted by molar-refractivity contribution is 0.444. The number of hydrogen-bond acceptors (Lipinski definition) is 4. The van der Waals surface area contributed by atoms with Crippen LogP contribution in [-0.2, 0) is 0 Å². The molecule has 1 aromatic rings. The van der Waals surface area contributed by atoms with Crippen LogP contribution in [0.3, 0.4) is 0 Å². The minimum atomic E-state index is 0.980. The molecule has 0 bridgehead atoms. The summed E-state index contributed by atoms with van der Waals surface area (Å²) in [4.78, 5) is 4.12. The highest BCUT2D eigenvalue weighted by Gasteiger charge is 2.23. The second-order valence-electron chi connectivity index (χ2n) is 4.26. The van der Waals surface area contributed by atoms with Crippen molar-refractivity contribution in [3.63, 3.8) is 0 Å². The fourth-order valence-electron chi connectivity index (χ4n) is 2.07. The van der Waals surface area contributed by atoms with E-state index in [0.717, 1.165) is 17.1 Å². The molecule has 0 spiro atoms. The summed E-state index contributed by atoms with van der Waals surface area (Å²) in [6, 6.07) is 10.0. The van der Waals surface area contributed by atoms with E-state index in [1.54, 1.807) is 5.01 Å². The molecule has 2 radical (unpaired) electrons. The van der Waals surface area contributed by atoms with E-state index in [4.69, 9.17) is 0 Å². The molecule has 2 aliphatic heterocycles. The van der Waals surface area contributed by atoms with E-state index in [-0.39, 0.29) is 0 Å². The zero-order chi connectivity index (χ0) is 12.5. The molecule has 0 N–H and O–H groups in total. The first-order valence-corrected chi connectivity index (χ1v) is 5.80. The Kier molecular flexibility index (Phi) is 2.55. The van der Waals surface area contributed by atoms with Gasteiger partial charge in [0.1, 0.15) is 5.82 Å². The standard InChI is InChI=1S/C14H14N4/c1-16-8-9-17(2)14(16)12-10-15-18(11-12)13-6-4-3-5-7-13/h3-10H,1-2H3. The van der Waals surface area contributed by atoms with Crippen molar-refractivity contribution in [2.24, 2.45) is 5.10 Å². The molecule has 0 saturated carbocycles. The average molecular weight is 238 g/mol. The normalized spacial score (nSPS) is 18.4. The maximum Gasteiger partial charge on any atom is 0.158 e. The van der Waals surface area contributed by atoms with Gasteiger partial charge in [0.05, 0.1) is 11.9 Å². The van der Waals surface area contributed by atoms with Crippen LogP contribution in [0.4, 0.5) is 5.69 Å². The van der Waals surface area contributed by atoms with Gasteiger partial charge >= 0.3 is 0 Å². The van der Waals surface area contributed by atoms with Crippen molar-refractivity contribution >= 4 is 11.9 Å². The van der Waals surface area contributed by atoms with Gasteiger partial charge in [-0.3, -0.25) is 0 Å². The van der Waals surface area contributed by atoms with Crippen LogP contribution < -0.4 is 5.01 Å². The Morgan fingerprint density at radius 3 is 2.33 bits per heavy atom. The van der Waals surface area contributed by atoms with E-state index < -0.39 is 0 Å². The molecule has 3 rings (SSSR count). The Bertz CT molecular complexity index is 516. The molecular formula is C14H14N4. The lowest BCUT2D eigenvalue weighted by atomic mass is 10.2. The fraction of sp³-hybridized carbons (Fsp3) is 0.143. The van der Waals surface area contributed by atoms with Crippen molar-refractivity contribution in [1.82, 2.24) is 9.80 Å². The zero-order valence-electron chi connectivity index (χ0n) is 10.4. The van der Waals surface area contributed by atoms with Crippen LogP contribution in [0.15, 0.2) is 59.2 Å². The molecule has 1 aromatic carbocycles. The predicted octanol–water partition coefficient (Wildman–Crippen LogP) is 2.09. The summed E-state index contributed by atoms with van der Waals surface area (Å²) in [6.07, 6.45) is 5.87. The molecule has 0 atom stereocenters. The second-order valence-corrected chi connectivity index (χ2v) is 4.26. The molecule has 90 valence electrons. The molecule has 18 heavy (non-hydrogen) atoms. The van der Waals surface area contributed by atoms with Gasteiger partial charge in [-0.2, -0.15) is 5.10 Å². The zero-order valence-corrected chi connectivity index (χ0v) is 10.4. The highest BCUT2D eigenvalue weighted by molar-refractivity contribution is 5.88. The molecule has 0 amide bonds. The van der Waals surface area contributed by atoms with Gasteiger partial charge in [0.25, 0.3) is 0 Å². The number of para-hydroxylation sites is 1. The topological polar surface area (TPSA) is 22.1 Å². The maximum absolute atomic E-state index is 4.36. The third kappa shape index (κ3) is 1.76. The van der Waals surface area contributed by atoms with Crippen molar-refractivity contribution in [3.05, 3.63) is 60.7 Å². The number of rotatable bonds is 1. The van der Waals surface area contributed by atoms with Gasteiger partial charge in [0.15, 0.2) is 6.54 Å². The lowest BCUT2D eigenvalue weighted by Gasteiger charge is -2.20. The summed E-state index contributed by atoms with van der Waals surface area (Å²) < 4.78 is 0. The van der Waals surface area contributed by atoms with E-state index >= 15 is 0 Å². The number of anilines is 1. The Morgan fingerprint density at radius 1 is 1.00 bits per heavy atom. The number of hydrazone groups is 1. The Balaban J connectivity index is 1.85. The summed E-state index contributed by atoms with van der Waals surface area (Å²) >= 11 is 0. The number of nitrogens with zero attached hydrogens (tertiary/aromatic N) is 4. The van der Waals surface area contributed by atoms with Crippen molar-refractivity contribution in [2.45, 2.75) is 0 Å². The van der Waals surface area contributed by atoms with Crippen LogP contribution >= 0.6 is 0 Å². The van der Waals surface area contributed by atoms with Gasteiger partial charge in [-0.15, -0.1) is 0 Å². The average Bonchev–Trinajstić information content (AvgIpc) is 2.98. The van der Waals surface area contributed by atoms with Crippen LogP contribution in [-0.4, -0.2) is 30.1 Å². The Hall–Kier alpha value is -2.23. The number of benzene rings is 1. The first kappa shape index (κ1) is 10.9. The van der Waals surface area contributed by atoms with E-state index in [0.29, 0.717) is 0 Å². The van der Waals surface area contributed by atoms with Crippen molar-refractivity contribution in [1.29, 1.82) is 0 Å². The molecule has 2 aliphatic rings. The number of hydrogen-bond donors (Lipinski definition) is 0. The molecule has 0 unspecified atom stereocenters.